The number of carboxylic acid groups (broad SMARTS) is 1. The first-order valence-electron chi connectivity index (χ1n) is 10.0. The molecule has 34 heavy (non-hydrogen) atoms. The van der Waals surface area contributed by atoms with Crippen molar-refractivity contribution >= 4 is 40.7 Å². The van der Waals surface area contributed by atoms with Crippen molar-refractivity contribution in [2.75, 3.05) is 11.5 Å². The summed E-state index contributed by atoms with van der Waals surface area (Å²) in [5.41, 5.74) is 0.612. The van der Waals surface area contributed by atoms with Gasteiger partial charge in [0.15, 0.2) is 6.61 Å². The zero-order valence-electron chi connectivity index (χ0n) is 17.4. The number of nitrogens with zero attached hydrogens (tertiary/aromatic N) is 1. The Morgan fingerprint density at radius 2 is 1.68 bits per heavy atom. The fraction of sp³-hybridized carbons (Fsp3) is 0.0800. The van der Waals surface area contributed by atoms with Crippen molar-refractivity contribution in [1.29, 1.82) is 0 Å². The van der Waals surface area contributed by atoms with E-state index in [0.29, 0.717) is 5.02 Å². The molecule has 4 rings (SSSR count). The van der Waals surface area contributed by atoms with Crippen LogP contribution in [0, 0.1) is 5.82 Å². The number of carboxylic acids is 1. The van der Waals surface area contributed by atoms with E-state index in [1.54, 1.807) is 6.07 Å². The second-order valence-electron chi connectivity index (χ2n) is 7.41. The minimum Gasteiger partial charge on any atom is -0.507 e. The zero-order valence-corrected chi connectivity index (χ0v) is 18.2. The van der Waals surface area contributed by atoms with Gasteiger partial charge in [-0.25, -0.2) is 9.18 Å². The average Bonchev–Trinajstić information content (AvgIpc) is 3.08. The van der Waals surface area contributed by atoms with Crippen molar-refractivity contribution in [3.63, 3.8) is 0 Å². The van der Waals surface area contributed by atoms with Crippen molar-refractivity contribution in [2.45, 2.75) is 6.04 Å². The summed E-state index contributed by atoms with van der Waals surface area (Å²) in [4.78, 5) is 38.0. The average molecular weight is 482 g/mol. The number of halogens is 2. The maximum atomic E-state index is 14.1. The number of ether oxygens (including phenoxy) is 1. The molecule has 0 unspecified atom stereocenters. The highest BCUT2D eigenvalue weighted by Gasteiger charge is 2.47. The first-order valence-corrected chi connectivity index (χ1v) is 10.4. The molecule has 172 valence electrons. The molecule has 1 fully saturated rings. The predicted octanol–water partition coefficient (Wildman–Crippen LogP) is 4.57. The molecule has 3 aromatic rings. The van der Waals surface area contributed by atoms with Gasteiger partial charge in [-0.2, -0.15) is 0 Å². The van der Waals surface area contributed by atoms with Crippen molar-refractivity contribution < 1.29 is 33.7 Å². The van der Waals surface area contributed by atoms with Crippen molar-refractivity contribution in [2.24, 2.45) is 0 Å². The molecule has 0 radical (unpaired) electrons. The van der Waals surface area contributed by atoms with Crippen LogP contribution in [0.4, 0.5) is 10.1 Å². The first-order chi connectivity index (χ1) is 16.3. The Balaban J connectivity index is 1.83. The fourth-order valence-corrected chi connectivity index (χ4v) is 3.83. The lowest BCUT2D eigenvalue weighted by molar-refractivity contribution is -0.139. The lowest BCUT2D eigenvalue weighted by Crippen LogP contribution is -2.29. The number of aliphatic hydroxyl groups excluding tert-OH is 1. The summed E-state index contributed by atoms with van der Waals surface area (Å²) in [6.45, 7) is -0.547. The molecular weight excluding hydrogens is 465 g/mol. The SMILES string of the molecule is O=C(O)COc1ccc(N2C(=O)C(=O)C(=C(O)c3ccc(Cl)cc3)[C@@H]2c2cccc(F)c2)cc1. The van der Waals surface area contributed by atoms with E-state index in [9.17, 15) is 23.9 Å². The van der Waals surface area contributed by atoms with E-state index in [1.165, 1.54) is 66.7 Å². The number of amides is 1. The van der Waals surface area contributed by atoms with Crippen LogP contribution in [0.15, 0.2) is 78.4 Å². The molecular formula is C25H17ClFNO6. The molecule has 9 heteroatoms. The Bertz CT molecular complexity index is 1300. The van der Waals surface area contributed by atoms with E-state index in [2.05, 4.69) is 0 Å². The molecule has 1 saturated heterocycles. The second-order valence-corrected chi connectivity index (χ2v) is 7.84. The lowest BCUT2D eigenvalue weighted by atomic mass is 9.95. The van der Waals surface area contributed by atoms with E-state index in [4.69, 9.17) is 21.4 Å². The summed E-state index contributed by atoms with van der Waals surface area (Å²) >= 11 is 5.91. The van der Waals surface area contributed by atoms with E-state index in [0.717, 1.165) is 4.90 Å². The number of carbonyl (C=O) groups excluding carboxylic acids is 2. The minimum absolute atomic E-state index is 0.205. The van der Waals surface area contributed by atoms with Gasteiger partial charge in [0.05, 0.1) is 11.6 Å². The van der Waals surface area contributed by atoms with Gasteiger partial charge < -0.3 is 14.9 Å². The molecule has 0 saturated carbocycles. The minimum atomic E-state index is -1.15. The van der Waals surface area contributed by atoms with E-state index >= 15 is 0 Å². The molecule has 0 spiro atoms. The van der Waals surface area contributed by atoms with Gasteiger partial charge in [0, 0.05) is 16.3 Å². The van der Waals surface area contributed by atoms with Crippen LogP contribution in [0.3, 0.4) is 0 Å². The molecule has 7 nitrogen and oxygen atoms in total. The predicted molar refractivity (Wildman–Crippen MR) is 122 cm³/mol. The number of hydrogen-bond acceptors (Lipinski definition) is 5. The van der Waals surface area contributed by atoms with Gasteiger partial charge in [-0.1, -0.05) is 23.7 Å². The molecule has 1 amide bonds. The first kappa shape index (κ1) is 23.0. The third-order valence-corrected chi connectivity index (χ3v) is 5.46. The Morgan fingerprint density at radius 3 is 2.29 bits per heavy atom. The van der Waals surface area contributed by atoms with Crippen molar-refractivity contribution in [1.82, 2.24) is 0 Å². The number of carbonyl (C=O) groups is 3. The van der Waals surface area contributed by atoms with Crippen LogP contribution in [-0.4, -0.2) is 34.5 Å². The van der Waals surface area contributed by atoms with Crippen molar-refractivity contribution in [3.8, 4) is 5.75 Å². The van der Waals surface area contributed by atoms with Gasteiger partial charge in [-0.15, -0.1) is 0 Å². The van der Waals surface area contributed by atoms with Crippen molar-refractivity contribution in [3.05, 3.63) is 100 Å². The maximum absolute atomic E-state index is 14.1. The number of rotatable bonds is 6. The molecule has 0 aromatic heterocycles. The number of benzene rings is 3. The van der Waals surface area contributed by atoms with Crippen LogP contribution in [-0.2, 0) is 14.4 Å². The summed E-state index contributed by atoms with van der Waals surface area (Å²) in [5.74, 6) is -3.76. The number of hydrogen-bond donors (Lipinski definition) is 2. The summed E-state index contributed by atoms with van der Waals surface area (Å²) < 4.78 is 19.2. The smallest absolute Gasteiger partial charge is 0.341 e. The summed E-state index contributed by atoms with van der Waals surface area (Å²) in [5, 5.41) is 20.2. The fourth-order valence-electron chi connectivity index (χ4n) is 3.70. The molecule has 3 aromatic carbocycles. The molecule has 1 heterocycles. The molecule has 1 aliphatic heterocycles. The van der Waals surface area contributed by atoms with Gasteiger partial charge in [-0.3, -0.25) is 14.5 Å². The van der Waals surface area contributed by atoms with Crippen LogP contribution >= 0.6 is 11.6 Å². The summed E-state index contributed by atoms with van der Waals surface area (Å²) in [6, 6.07) is 16.2. The van der Waals surface area contributed by atoms with Crippen LogP contribution in [0.5, 0.6) is 5.75 Å². The standard InChI is InChI=1S/C25H17ClFNO6/c26-16-6-4-14(5-7-16)23(31)21-22(15-2-1-3-17(27)12-15)28(25(33)24(21)32)18-8-10-19(11-9-18)34-13-20(29)30/h1-12,22,31H,13H2,(H,29,30)/t22-/m0/s1. The summed E-state index contributed by atoms with van der Waals surface area (Å²) in [6.07, 6.45) is 0. The number of anilines is 1. The second kappa shape index (κ2) is 9.36. The molecule has 0 aliphatic carbocycles. The van der Waals surface area contributed by atoms with Gasteiger partial charge in [0.2, 0.25) is 0 Å². The number of ketones is 1. The van der Waals surface area contributed by atoms with Crippen LogP contribution < -0.4 is 9.64 Å². The zero-order chi connectivity index (χ0) is 24.4. The lowest BCUT2D eigenvalue weighted by Gasteiger charge is -2.25. The topological polar surface area (TPSA) is 104 Å². The van der Waals surface area contributed by atoms with Crippen LogP contribution in [0.2, 0.25) is 5.02 Å². The number of Topliss-reactive ketones (excluding diaryl/α,β-unsaturated/α-hetero) is 1. The Labute approximate surface area is 198 Å². The molecule has 0 bridgehead atoms. The van der Waals surface area contributed by atoms with Gasteiger partial charge >= 0.3 is 5.97 Å². The highest BCUT2D eigenvalue weighted by Crippen LogP contribution is 2.42. The van der Waals surface area contributed by atoms with Gasteiger partial charge in [-0.05, 0) is 66.2 Å². The van der Waals surface area contributed by atoms with Gasteiger partial charge in [0.1, 0.15) is 17.3 Å². The highest BCUT2D eigenvalue weighted by molar-refractivity contribution is 6.51. The normalized spacial score (nSPS) is 17.1. The molecule has 2 N–H and O–H groups in total. The van der Waals surface area contributed by atoms with E-state index in [-0.39, 0.29) is 28.1 Å². The Kier molecular flexibility index (Phi) is 6.34. The van der Waals surface area contributed by atoms with Crippen LogP contribution in [0.1, 0.15) is 17.2 Å². The van der Waals surface area contributed by atoms with E-state index in [1.807, 2.05) is 0 Å². The quantitative estimate of drug-likeness (QED) is 0.303. The number of aliphatic hydroxyl groups is 1. The van der Waals surface area contributed by atoms with E-state index < -0.39 is 41.9 Å². The van der Waals surface area contributed by atoms with Gasteiger partial charge in [0.25, 0.3) is 11.7 Å². The molecule has 1 aliphatic rings. The highest BCUT2D eigenvalue weighted by atomic mass is 35.5. The van der Waals surface area contributed by atoms with Crippen LogP contribution in [0.25, 0.3) is 5.76 Å². The monoisotopic (exact) mass is 481 g/mol. The molecule has 1 atom stereocenters. The number of aliphatic carboxylic acids is 1. The Hall–Kier alpha value is -4.17. The Morgan fingerprint density at radius 1 is 1.00 bits per heavy atom. The largest absolute Gasteiger partial charge is 0.507 e. The third-order valence-electron chi connectivity index (χ3n) is 5.20. The third kappa shape index (κ3) is 4.49. The summed E-state index contributed by atoms with van der Waals surface area (Å²) in [7, 11) is 0. The maximum Gasteiger partial charge on any atom is 0.341 e.